The van der Waals surface area contributed by atoms with Crippen LogP contribution in [0.15, 0.2) is 41.3 Å². The summed E-state index contributed by atoms with van der Waals surface area (Å²) >= 11 is 0. The van der Waals surface area contributed by atoms with Crippen molar-refractivity contribution in [2.45, 2.75) is 37.5 Å². The van der Waals surface area contributed by atoms with Crippen molar-refractivity contribution in [3.63, 3.8) is 0 Å². The van der Waals surface area contributed by atoms with Gasteiger partial charge in [-0.3, -0.25) is 0 Å². The van der Waals surface area contributed by atoms with E-state index in [-0.39, 0.29) is 0 Å². The molecule has 2 heteroatoms. The molecule has 1 unspecified atom stereocenters. The Morgan fingerprint density at radius 3 is 2.70 bits per heavy atom. The minimum atomic E-state index is 0.339. The van der Waals surface area contributed by atoms with Gasteiger partial charge in [0.15, 0.2) is 0 Å². The molecule has 106 valence electrons. The maximum absolute atomic E-state index is 5.97. The molecule has 1 atom stereocenters. The van der Waals surface area contributed by atoms with Crippen molar-refractivity contribution < 1.29 is 4.74 Å². The molecule has 0 spiro atoms. The Morgan fingerprint density at radius 1 is 1.10 bits per heavy atom. The highest BCUT2D eigenvalue weighted by Crippen LogP contribution is 2.39. The molecule has 3 rings (SSSR count). The Bertz CT molecular complexity index is 630. The van der Waals surface area contributed by atoms with Crippen molar-refractivity contribution in [3.05, 3.63) is 36.4 Å². The van der Waals surface area contributed by atoms with E-state index in [9.17, 15) is 0 Å². The zero-order chi connectivity index (χ0) is 13.8. The van der Waals surface area contributed by atoms with Crippen LogP contribution in [0.3, 0.4) is 0 Å². The maximum atomic E-state index is 5.97. The Hall–Kier alpha value is -1.28. The fraction of sp³-hybridized carbons (Fsp3) is 0.389. The molecule has 0 bridgehead atoms. The van der Waals surface area contributed by atoms with Crippen LogP contribution in [0, 0.1) is 0 Å². The van der Waals surface area contributed by atoms with Gasteiger partial charge in [-0.25, -0.2) is 0 Å². The van der Waals surface area contributed by atoms with Gasteiger partial charge in [-0.15, -0.1) is 0 Å². The van der Waals surface area contributed by atoms with Crippen LogP contribution >= 0.6 is 10.5 Å². The molecule has 0 saturated carbocycles. The molecule has 0 aliphatic carbocycles. The number of hydrogen-bond acceptors (Lipinski definition) is 1. The molecule has 0 N–H and O–H groups in total. The highest BCUT2D eigenvalue weighted by molar-refractivity contribution is 8.15. The highest BCUT2D eigenvalue weighted by atomic mass is 32.2. The van der Waals surface area contributed by atoms with Crippen LogP contribution in [0.1, 0.15) is 32.6 Å². The van der Waals surface area contributed by atoms with E-state index in [1.165, 1.54) is 40.7 Å². The van der Waals surface area contributed by atoms with Crippen molar-refractivity contribution in [1.82, 2.24) is 0 Å². The van der Waals surface area contributed by atoms with E-state index in [4.69, 9.17) is 4.74 Å². The van der Waals surface area contributed by atoms with Crippen LogP contribution in [-0.4, -0.2) is 17.7 Å². The van der Waals surface area contributed by atoms with Gasteiger partial charge in [-0.1, -0.05) is 43.0 Å². The van der Waals surface area contributed by atoms with E-state index in [0.717, 1.165) is 18.8 Å². The van der Waals surface area contributed by atoms with Gasteiger partial charge in [0.05, 0.1) is 6.61 Å². The van der Waals surface area contributed by atoms with Gasteiger partial charge >= 0.3 is 0 Å². The normalized spacial score (nSPS) is 18.1. The van der Waals surface area contributed by atoms with Crippen molar-refractivity contribution in [3.8, 4) is 5.75 Å². The van der Waals surface area contributed by atoms with Crippen LogP contribution in [0.4, 0.5) is 0 Å². The zero-order valence-corrected chi connectivity index (χ0v) is 12.9. The summed E-state index contributed by atoms with van der Waals surface area (Å²) in [7, 11) is 0.339. The smallest absolute Gasteiger partial charge is 0.127 e. The molecule has 20 heavy (non-hydrogen) atoms. The van der Waals surface area contributed by atoms with E-state index in [1.54, 1.807) is 0 Å². The van der Waals surface area contributed by atoms with Gasteiger partial charge in [0.1, 0.15) is 5.75 Å². The molecule has 0 amide bonds. The predicted octanol–water partition coefficient (Wildman–Crippen LogP) is 5.24. The van der Waals surface area contributed by atoms with Crippen molar-refractivity contribution in [2.75, 3.05) is 12.4 Å². The standard InChI is InChI=1S/C18H22OS/c1-2-3-12-19-17-10-11-18(20-13-6-7-14-20)16-9-5-4-8-15(16)17/h4-5,8-11,13H,2-3,6-7,12,14H2,1H3. The third-order valence-electron chi connectivity index (χ3n) is 3.77. The second-order valence-corrected chi connectivity index (χ2v) is 7.29. The molecule has 2 aromatic rings. The summed E-state index contributed by atoms with van der Waals surface area (Å²) in [6, 6.07) is 13.2. The topological polar surface area (TPSA) is 9.23 Å². The summed E-state index contributed by atoms with van der Waals surface area (Å²) < 4.78 is 5.97. The lowest BCUT2D eigenvalue weighted by Crippen LogP contribution is -1.97. The van der Waals surface area contributed by atoms with Crippen LogP contribution < -0.4 is 4.74 Å². The molecule has 0 fully saturated rings. The van der Waals surface area contributed by atoms with Crippen molar-refractivity contribution >= 4 is 26.6 Å². The first-order chi connectivity index (χ1) is 9.90. The minimum Gasteiger partial charge on any atom is -0.493 e. The molecular weight excluding hydrogens is 264 g/mol. The second-order valence-electron chi connectivity index (χ2n) is 5.25. The lowest BCUT2D eigenvalue weighted by Gasteiger charge is -2.13. The van der Waals surface area contributed by atoms with Crippen LogP contribution in [0.5, 0.6) is 5.75 Å². The summed E-state index contributed by atoms with van der Waals surface area (Å²) in [5.74, 6) is 2.36. The van der Waals surface area contributed by atoms with E-state index >= 15 is 0 Å². The second kappa shape index (κ2) is 6.45. The summed E-state index contributed by atoms with van der Waals surface area (Å²) in [5, 5.41) is 5.15. The Morgan fingerprint density at radius 2 is 1.95 bits per heavy atom. The number of fused-ring (bicyclic) bond motifs is 1. The number of rotatable bonds is 5. The number of hydrogen-bond donors (Lipinski definition) is 0. The summed E-state index contributed by atoms with van der Waals surface area (Å²) in [6.07, 6.45) is 4.90. The SMILES string of the molecule is CCCCOc1ccc(S2=CCCC2)c2ccccc12. The third kappa shape index (κ3) is 2.76. The van der Waals surface area contributed by atoms with Gasteiger partial charge in [-0.05, 0) is 42.5 Å². The minimum absolute atomic E-state index is 0.339. The molecule has 1 heterocycles. The van der Waals surface area contributed by atoms with Crippen LogP contribution in [0.2, 0.25) is 0 Å². The number of benzene rings is 2. The lowest BCUT2D eigenvalue weighted by atomic mass is 10.1. The Balaban J connectivity index is 2.01. The van der Waals surface area contributed by atoms with Gasteiger partial charge in [0.25, 0.3) is 0 Å². The average Bonchev–Trinajstić information content (AvgIpc) is 3.01. The van der Waals surface area contributed by atoms with Gasteiger partial charge in [0.2, 0.25) is 0 Å². The Labute approximate surface area is 123 Å². The fourth-order valence-corrected chi connectivity index (χ4v) is 4.87. The molecule has 0 saturated heterocycles. The predicted molar refractivity (Wildman–Crippen MR) is 90.4 cm³/mol. The van der Waals surface area contributed by atoms with Crippen molar-refractivity contribution in [2.24, 2.45) is 0 Å². The fourth-order valence-electron chi connectivity index (χ4n) is 2.67. The summed E-state index contributed by atoms with van der Waals surface area (Å²) in [6.45, 7) is 3.01. The van der Waals surface area contributed by atoms with Gasteiger partial charge in [0, 0.05) is 10.3 Å². The van der Waals surface area contributed by atoms with Crippen LogP contribution in [-0.2, 0) is 0 Å². The first-order valence-electron chi connectivity index (χ1n) is 7.57. The number of ether oxygens (including phenoxy) is 1. The monoisotopic (exact) mass is 286 g/mol. The molecule has 0 radical (unpaired) electrons. The van der Waals surface area contributed by atoms with E-state index in [0.29, 0.717) is 10.5 Å². The molecule has 2 aromatic carbocycles. The van der Waals surface area contributed by atoms with Gasteiger partial charge < -0.3 is 4.74 Å². The van der Waals surface area contributed by atoms with Crippen molar-refractivity contribution in [1.29, 1.82) is 0 Å². The largest absolute Gasteiger partial charge is 0.493 e. The first kappa shape index (κ1) is 13.7. The van der Waals surface area contributed by atoms with E-state index in [2.05, 4.69) is 48.7 Å². The molecular formula is C18H22OS. The highest BCUT2D eigenvalue weighted by Gasteiger charge is 2.11. The molecule has 1 nitrogen and oxygen atoms in total. The Kier molecular flexibility index (Phi) is 4.41. The lowest BCUT2D eigenvalue weighted by molar-refractivity contribution is 0.313. The average molecular weight is 286 g/mol. The van der Waals surface area contributed by atoms with E-state index < -0.39 is 0 Å². The van der Waals surface area contributed by atoms with Crippen LogP contribution in [0.25, 0.3) is 10.8 Å². The summed E-state index contributed by atoms with van der Waals surface area (Å²) in [4.78, 5) is 1.50. The maximum Gasteiger partial charge on any atom is 0.127 e. The quantitative estimate of drug-likeness (QED) is 0.539. The number of unbranched alkanes of at least 4 members (excludes halogenated alkanes) is 1. The zero-order valence-electron chi connectivity index (χ0n) is 12.1. The molecule has 0 aromatic heterocycles. The van der Waals surface area contributed by atoms with E-state index in [1.807, 2.05) is 0 Å². The summed E-state index contributed by atoms with van der Waals surface area (Å²) in [5.41, 5.74) is 0. The first-order valence-corrected chi connectivity index (χ1v) is 9.03. The molecule has 1 aliphatic rings. The van der Waals surface area contributed by atoms with Gasteiger partial charge in [-0.2, -0.15) is 10.5 Å². The molecule has 1 aliphatic heterocycles. The third-order valence-corrected chi connectivity index (χ3v) is 6.06.